The van der Waals surface area contributed by atoms with Gasteiger partial charge in [0.1, 0.15) is 11.6 Å². The van der Waals surface area contributed by atoms with E-state index in [1.165, 1.54) is 18.6 Å². The van der Waals surface area contributed by atoms with E-state index in [9.17, 15) is 9.18 Å². The standard InChI is InChI=1S/C23H23FN2O2/c1-14(11-15(2)27)26-23(17-5-4-6-18(24)12-17)20-10-8-16-7-9-19(28-3)13-21(16)22(20)25-26/h4-7,9,11-13,20,23H,8,10H2,1-3H3/b14-11+/t20-,23+/m0/s1. The van der Waals surface area contributed by atoms with Gasteiger partial charge in [-0.1, -0.05) is 18.2 Å². The lowest BCUT2D eigenvalue weighted by molar-refractivity contribution is -0.112. The fourth-order valence-corrected chi connectivity index (χ4v) is 4.29. The normalized spacial score (nSPS) is 21.1. The summed E-state index contributed by atoms with van der Waals surface area (Å²) in [7, 11) is 1.65. The van der Waals surface area contributed by atoms with E-state index in [1.807, 2.05) is 30.1 Å². The monoisotopic (exact) mass is 378 g/mol. The van der Waals surface area contributed by atoms with Gasteiger partial charge in [0.05, 0.1) is 18.9 Å². The first-order chi connectivity index (χ1) is 13.5. The Balaban J connectivity index is 1.84. The SMILES string of the molecule is COc1ccc2c(c1)C1=NN(/C(C)=C/C(C)=O)[C@H](c3cccc(F)c3)[C@H]1CC2. The van der Waals surface area contributed by atoms with Gasteiger partial charge in [0.2, 0.25) is 0 Å². The third-order valence-electron chi connectivity index (χ3n) is 5.49. The lowest BCUT2D eigenvalue weighted by Crippen LogP contribution is -2.28. The summed E-state index contributed by atoms with van der Waals surface area (Å²) >= 11 is 0. The van der Waals surface area contributed by atoms with E-state index in [2.05, 4.69) is 6.07 Å². The highest BCUT2D eigenvalue weighted by molar-refractivity contribution is 6.06. The van der Waals surface area contributed by atoms with Crippen LogP contribution < -0.4 is 4.74 Å². The van der Waals surface area contributed by atoms with Crippen LogP contribution in [0.3, 0.4) is 0 Å². The highest BCUT2D eigenvalue weighted by Gasteiger charge is 2.42. The van der Waals surface area contributed by atoms with Gasteiger partial charge in [0.15, 0.2) is 5.78 Å². The minimum atomic E-state index is -0.267. The van der Waals surface area contributed by atoms with E-state index in [0.29, 0.717) is 0 Å². The maximum atomic E-state index is 14.0. The quantitative estimate of drug-likeness (QED) is 0.727. The molecule has 0 fully saturated rings. The Labute approximate surface area is 164 Å². The summed E-state index contributed by atoms with van der Waals surface area (Å²) in [5.41, 5.74) is 4.92. The van der Waals surface area contributed by atoms with Crippen LogP contribution in [0.4, 0.5) is 4.39 Å². The van der Waals surface area contributed by atoms with Gasteiger partial charge in [-0.3, -0.25) is 9.80 Å². The lowest BCUT2D eigenvalue weighted by atomic mass is 9.77. The molecular formula is C23H23FN2O2. The molecule has 1 aliphatic heterocycles. The van der Waals surface area contributed by atoms with E-state index < -0.39 is 0 Å². The molecule has 2 aliphatic rings. The molecule has 0 N–H and O–H groups in total. The number of carbonyl (C=O) groups excluding carboxylic acids is 1. The van der Waals surface area contributed by atoms with E-state index in [-0.39, 0.29) is 23.6 Å². The van der Waals surface area contributed by atoms with E-state index >= 15 is 0 Å². The largest absolute Gasteiger partial charge is 0.497 e. The first-order valence-electron chi connectivity index (χ1n) is 9.47. The van der Waals surface area contributed by atoms with Gasteiger partial charge in [-0.05, 0) is 62.1 Å². The Morgan fingerprint density at radius 3 is 2.79 bits per heavy atom. The molecule has 0 amide bonds. The second-order valence-electron chi connectivity index (χ2n) is 7.39. The van der Waals surface area contributed by atoms with Crippen molar-refractivity contribution in [2.75, 3.05) is 7.11 Å². The first-order valence-corrected chi connectivity index (χ1v) is 9.47. The molecule has 0 unspecified atom stereocenters. The van der Waals surface area contributed by atoms with Gasteiger partial charge in [-0.15, -0.1) is 0 Å². The number of rotatable bonds is 4. The number of aryl methyl sites for hydroxylation is 1. The van der Waals surface area contributed by atoms with E-state index in [0.717, 1.165) is 41.1 Å². The number of methoxy groups -OCH3 is 1. The molecule has 2 atom stereocenters. The number of hydrogen-bond donors (Lipinski definition) is 0. The van der Waals surface area contributed by atoms with Gasteiger partial charge >= 0.3 is 0 Å². The number of hydrazone groups is 1. The summed E-state index contributed by atoms with van der Waals surface area (Å²) in [6.45, 7) is 3.40. The van der Waals surface area contributed by atoms with Crippen molar-refractivity contribution in [2.45, 2.75) is 32.7 Å². The molecule has 4 rings (SSSR count). The molecule has 0 saturated heterocycles. The van der Waals surface area contributed by atoms with Crippen LogP contribution in [0.2, 0.25) is 0 Å². The van der Waals surface area contributed by atoms with Gasteiger partial charge in [-0.25, -0.2) is 4.39 Å². The highest BCUT2D eigenvalue weighted by atomic mass is 19.1. The highest BCUT2D eigenvalue weighted by Crippen LogP contribution is 2.45. The fraction of sp³-hybridized carbons (Fsp3) is 0.304. The summed E-state index contributed by atoms with van der Waals surface area (Å²) in [6, 6.07) is 12.6. The summed E-state index contributed by atoms with van der Waals surface area (Å²) < 4.78 is 19.4. The third kappa shape index (κ3) is 3.21. The fourth-order valence-electron chi connectivity index (χ4n) is 4.29. The zero-order chi connectivity index (χ0) is 19.8. The van der Waals surface area contributed by atoms with Crippen LogP contribution in [-0.4, -0.2) is 23.6 Å². The van der Waals surface area contributed by atoms with Crippen molar-refractivity contribution in [2.24, 2.45) is 11.0 Å². The van der Waals surface area contributed by atoms with Crippen molar-refractivity contribution in [3.05, 3.63) is 76.7 Å². The van der Waals surface area contributed by atoms with Crippen molar-refractivity contribution in [3.8, 4) is 5.75 Å². The zero-order valence-corrected chi connectivity index (χ0v) is 16.3. The van der Waals surface area contributed by atoms with Crippen LogP contribution in [0.5, 0.6) is 5.75 Å². The number of benzene rings is 2. The molecule has 0 aromatic heterocycles. The third-order valence-corrected chi connectivity index (χ3v) is 5.49. The molecule has 0 bridgehead atoms. The van der Waals surface area contributed by atoms with Crippen molar-refractivity contribution < 1.29 is 13.9 Å². The zero-order valence-electron chi connectivity index (χ0n) is 16.3. The Kier molecular flexibility index (Phi) is 4.75. The number of allylic oxidation sites excluding steroid dienone is 2. The number of halogens is 1. The topological polar surface area (TPSA) is 41.9 Å². The summed E-state index contributed by atoms with van der Waals surface area (Å²) in [5, 5.41) is 6.80. The number of nitrogens with zero attached hydrogens (tertiary/aromatic N) is 2. The number of ketones is 1. The number of fused-ring (bicyclic) bond motifs is 3. The smallest absolute Gasteiger partial charge is 0.154 e. The van der Waals surface area contributed by atoms with Crippen LogP contribution in [0, 0.1) is 11.7 Å². The predicted molar refractivity (Wildman–Crippen MR) is 107 cm³/mol. The van der Waals surface area contributed by atoms with E-state index in [1.54, 1.807) is 25.3 Å². The molecule has 0 radical (unpaired) electrons. The molecular weight excluding hydrogens is 355 g/mol. The van der Waals surface area contributed by atoms with Crippen LogP contribution in [0.15, 0.2) is 59.3 Å². The number of hydrogen-bond acceptors (Lipinski definition) is 4. The van der Waals surface area contributed by atoms with Gasteiger partial charge in [0.25, 0.3) is 0 Å². The molecule has 0 spiro atoms. The van der Waals surface area contributed by atoms with E-state index in [4.69, 9.17) is 9.84 Å². The lowest BCUT2D eigenvalue weighted by Gasteiger charge is -2.31. The second-order valence-corrected chi connectivity index (χ2v) is 7.39. The van der Waals surface area contributed by atoms with Crippen molar-refractivity contribution in [3.63, 3.8) is 0 Å². The molecule has 2 aromatic carbocycles. The molecule has 4 nitrogen and oxygen atoms in total. The molecule has 0 saturated carbocycles. The Hall–Kier alpha value is -2.95. The van der Waals surface area contributed by atoms with Crippen molar-refractivity contribution >= 4 is 11.5 Å². The van der Waals surface area contributed by atoms with Crippen LogP contribution >= 0.6 is 0 Å². The Bertz CT molecular complexity index is 996. The first kappa shape index (κ1) is 18.4. The summed E-state index contributed by atoms with van der Waals surface area (Å²) in [4.78, 5) is 11.7. The average molecular weight is 378 g/mol. The van der Waals surface area contributed by atoms with Crippen molar-refractivity contribution in [1.29, 1.82) is 0 Å². The molecule has 2 aromatic rings. The van der Waals surface area contributed by atoms with Gasteiger partial charge in [0, 0.05) is 23.3 Å². The molecule has 5 heteroatoms. The molecule has 1 heterocycles. The summed E-state index contributed by atoms with van der Waals surface area (Å²) in [6.07, 6.45) is 3.43. The summed E-state index contributed by atoms with van der Waals surface area (Å²) in [5.74, 6) is 0.611. The number of carbonyl (C=O) groups is 1. The minimum absolute atomic E-state index is 0.0346. The molecule has 1 aliphatic carbocycles. The Morgan fingerprint density at radius 2 is 2.07 bits per heavy atom. The minimum Gasteiger partial charge on any atom is -0.497 e. The van der Waals surface area contributed by atoms with Crippen LogP contribution in [0.25, 0.3) is 0 Å². The van der Waals surface area contributed by atoms with Crippen LogP contribution in [-0.2, 0) is 11.2 Å². The van der Waals surface area contributed by atoms with Gasteiger partial charge in [-0.2, -0.15) is 5.10 Å². The molecule has 144 valence electrons. The van der Waals surface area contributed by atoms with Crippen molar-refractivity contribution in [1.82, 2.24) is 5.01 Å². The maximum absolute atomic E-state index is 14.0. The van der Waals surface area contributed by atoms with Gasteiger partial charge < -0.3 is 4.74 Å². The molecule has 28 heavy (non-hydrogen) atoms. The predicted octanol–water partition coefficient (Wildman–Crippen LogP) is 4.65. The van der Waals surface area contributed by atoms with Crippen LogP contribution in [0.1, 0.15) is 43.0 Å². The Morgan fingerprint density at radius 1 is 1.25 bits per heavy atom. The average Bonchev–Trinajstić information content (AvgIpc) is 3.07. The maximum Gasteiger partial charge on any atom is 0.154 e. The second kappa shape index (κ2) is 7.23. The number of ether oxygens (including phenoxy) is 1.